The number of nitrogen functional groups attached to an aromatic ring is 1. The maximum atomic E-state index is 13.0. The predicted octanol–water partition coefficient (Wildman–Crippen LogP) is 1.25. The third-order valence-corrected chi connectivity index (χ3v) is 2.48. The third-order valence-electron chi connectivity index (χ3n) is 2.48. The average molecular weight is 254 g/mol. The fraction of sp³-hybridized carbons (Fsp3) is 0.333. The minimum absolute atomic E-state index is 0.0677. The number of carboxylic acid groups (broad SMARTS) is 1. The normalized spacial score (nSPS) is 12.2. The molecule has 18 heavy (non-hydrogen) atoms. The molecule has 0 saturated carbocycles. The van der Waals surface area contributed by atoms with E-state index in [4.69, 9.17) is 10.8 Å². The van der Waals surface area contributed by atoms with E-state index >= 15 is 0 Å². The molecule has 0 bridgehead atoms. The zero-order valence-corrected chi connectivity index (χ0v) is 10.1. The monoisotopic (exact) mass is 254 g/mol. The van der Waals surface area contributed by atoms with Crippen molar-refractivity contribution in [3.63, 3.8) is 0 Å². The average Bonchev–Trinajstić information content (AvgIpc) is 2.28. The molecule has 0 heterocycles. The van der Waals surface area contributed by atoms with E-state index in [1.54, 1.807) is 13.8 Å². The molecule has 5 nitrogen and oxygen atoms in total. The largest absolute Gasteiger partial charge is 0.480 e. The summed E-state index contributed by atoms with van der Waals surface area (Å²) in [5, 5.41) is 11.3. The number of nitrogens with one attached hydrogen (secondary N) is 1. The lowest BCUT2D eigenvalue weighted by Gasteiger charge is -2.18. The summed E-state index contributed by atoms with van der Waals surface area (Å²) in [6.07, 6.45) is 0. The van der Waals surface area contributed by atoms with Gasteiger partial charge in [0.25, 0.3) is 5.91 Å². The van der Waals surface area contributed by atoms with Gasteiger partial charge >= 0.3 is 5.97 Å². The van der Waals surface area contributed by atoms with Gasteiger partial charge in [-0.05, 0) is 24.1 Å². The minimum atomic E-state index is -1.15. The molecule has 6 heteroatoms. The summed E-state index contributed by atoms with van der Waals surface area (Å²) < 4.78 is 13.0. The van der Waals surface area contributed by atoms with Gasteiger partial charge in [0, 0.05) is 5.69 Å². The minimum Gasteiger partial charge on any atom is -0.480 e. The highest BCUT2D eigenvalue weighted by Gasteiger charge is 2.24. The van der Waals surface area contributed by atoms with E-state index in [0.717, 1.165) is 12.1 Å². The van der Waals surface area contributed by atoms with Crippen molar-refractivity contribution in [2.45, 2.75) is 19.9 Å². The van der Waals surface area contributed by atoms with Gasteiger partial charge in [0.05, 0.1) is 5.56 Å². The Labute approximate surface area is 104 Å². The van der Waals surface area contributed by atoms with E-state index in [1.807, 2.05) is 0 Å². The Hall–Kier alpha value is -2.11. The van der Waals surface area contributed by atoms with Crippen molar-refractivity contribution in [2.24, 2.45) is 5.92 Å². The lowest BCUT2D eigenvalue weighted by atomic mass is 10.0. The van der Waals surface area contributed by atoms with Crippen LogP contribution < -0.4 is 11.1 Å². The molecule has 0 fully saturated rings. The van der Waals surface area contributed by atoms with Crippen molar-refractivity contribution >= 4 is 17.6 Å². The maximum Gasteiger partial charge on any atom is 0.326 e. The molecule has 1 atom stereocenters. The number of halogens is 1. The second-order valence-electron chi connectivity index (χ2n) is 4.26. The first kappa shape index (κ1) is 14.0. The van der Waals surface area contributed by atoms with Crippen molar-refractivity contribution in [2.75, 3.05) is 5.73 Å². The van der Waals surface area contributed by atoms with Crippen LogP contribution in [-0.2, 0) is 4.79 Å². The Bertz CT molecular complexity index is 474. The third kappa shape index (κ3) is 3.19. The van der Waals surface area contributed by atoms with Crippen molar-refractivity contribution in [1.29, 1.82) is 0 Å². The molecule has 0 aliphatic carbocycles. The van der Waals surface area contributed by atoms with Gasteiger partial charge in [-0.15, -0.1) is 0 Å². The Morgan fingerprint density at radius 1 is 1.39 bits per heavy atom. The number of carboxylic acids is 1. The van der Waals surface area contributed by atoms with Crippen LogP contribution in [0.4, 0.5) is 10.1 Å². The first-order valence-corrected chi connectivity index (χ1v) is 5.41. The van der Waals surface area contributed by atoms with Crippen LogP contribution in [0.3, 0.4) is 0 Å². The summed E-state index contributed by atoms with van der Waals surface area (Å²) in [4.78, 5) is 22.8. The molecule has 0 saturated heterocycles. The molecule has 4 N–H and O–H groups in total. The number of aliphatic carboxylic acids is 1. The summed E-state index contributed by atoms with van der Waals surface area (Å²) in [5.41, 5.74) is 5.57. The van der Waals surface area contributed by atoms with Gasteiger partial charge in [-0.1, -0.05) is 13.8 Å². The Kier molecular flexibility index (Phi) is 4.25. The van der Waals surface area contributed by atoms with Gasteiger partial charge in [0.15, 0.2) is 0 Å². The standard InChI is InChI=1S/C12H15FN2O3/c1-6(2)10(12(17)18)15-11(16)8-5-7(13)3-4-9(8)14/h3-6,10H,14H2,1-2H3,(H,15,16)(H,17,18)/t10-/m0/s1. The molecular formula is C12H15FN2O3. The van der Waals surface area contributed by atoms with Gasteiger partial charge in [-0.25, -0.2) is 9.18 Å². The first-order chi connectivity index (χ1) is 8.32. The Morgan fingerprint density at radius 2 is 2.00 bits per heavy atom. The SMILES string of the molecule is CC(C)[C@H](NC(=O)c1cc(F)ccc1N)C(=O)O. The van der Waals surface area contributed by atoms with E-state index in [0.29, 0.717) is 0 Å². The molecule has 1 aromatic rings. The molecule has 1 aromatic carbocycles. The van der Waals surface area contributed by atoms with Gasteiger partial charge in [0.1, 0.15) is 11.9 Å². The number of carbonyl (C=O) groups excluding carboxylic acids is 1. The number of carbonyl (C=O) groups is 2. The fourth-order valence-electron chi connectivity index (χ4n) is 1.46. The number of amides is 1. The molecule has 0 aromatic heterocycles. The lowest BCUT2D eigenvalue weighted by molar-refractivity contribution is -0.140. The zero-order chi connectivity index (χ0) is 13.9. The van der Waals surface area contributed by atoms with E-state index in [9.17, 15) is 14.0 Å². The second-order valence-corrected chi connectivity index (χ2v) is 4.26. The van der Waals surface area contributed by atoms with Crippen LogP contribution in [0, 0.1) is 11.7 Å². The van der Waals surface area contributed by atoms with E-state index < -0.39 is 23.7 Å². The summed E-state index contributed by atoms with van der Waals surface area (Å²) in [7, 11) is 0. The number of rotatable bonds is 4. The summed E-state index contributed by atoms with van der Waals surface area (Å²) in [6.45, 7) is 3.32. The highest BCUT2D eigenvalue weighted by molar-refractivity contribution is 6.00. The van der Waals surface area contributed by atoms with Crippen molar-refractivity contribution < 1.29 is 19.1 Å². The Balaban J connectivity index is 2.94. The van der Waals surface area contributed by atoms with Crippen LogP contribution in [-0.4, -0.2) is 23.0 Å². The van der Waals surface area contributed by atoms with E-state index in [1.165, 1.54) is 6.07 Å². The highest BCUT2D eigenvalue weighted by Crippen LogP contribution is 2.14. The van der Waals surface area contributed by atoms with Gasteiger partial charge in [-0.3, -0.25) is 4.79 Å². The molecule has 0 aliphatic heterocycles. The lowest BCUT2D eigenvalue weighted by Crippen LogP contribution is -2.44. The van der Waals surface area contributed by atoms with Gasteiger partial charge in [0.2, 0.25) is 0 Å². The second kappa shape index (κ2) is 5.48. The molecule has 0 unspecified atom stereocenters. The predicted molar refractivity (Wildman–Crippen MR) is 64.5 cm³/mol. The number of hydrogen-bond acceptors (Lipinski definition) is 3. The van der Waals surface area contributed by atoms with Crippen LogP contribution >= 0.6 is 0 Å². The topological polar surface area (TPSA) is 92.4 Å². The van der Waals surface area contributed by atoms with Crippen LogP contribution in [0.15, 0.2) is 18.2 Å². The van der Waals surface area contributed by atoms with E-state index in [2.05, 4.69) is 5.32 Å². The van der Waals surface area contributed by atoms with Crippen LogP contribution in [0.2, 0.25) is 0 Å². The number of hydrogen-bond donors (Lipinski definition) is 3. The fourth-order valence-corrected chi connectivity index (χ4v) is 1.46. The van der Waals surface area contributed by atoms with Crippen LogP contribution in [0.1, 0.15) is 24.2 Å². The number of nitrogens with two attached hydrogens (primary N) is 1. The summed E-state index contributed by atoms with van der Waals surface area (Å²) >= 11 is 0. The summed E-state index contributed by atoms with van der Waals surface area (Å²) in [5.74, 6) is -2.74. The smallest absolute Gasteiger partial charge is 0.326 e. The van der Waals surface area contributed by atoms with Crippen molar-refractivity contribution in [1.82, 2.24) is 5.32 Å². The Morgan fingerprint density at radius 3 is 2.50 bits per heavy atom. The first-order valence-electron chi connectivity index (χ1n) is 5.41. The molecule has 0 radical (unpaired) electrons. The zero-order valence-electron chi connectivity index (χ0n) is 10.1. The molecule has 0 aliphatic rings. The molecule has 1 rings (SSSR count). The quantitative estimate of drug-likeness (QED) is 0.705. The maximum absolute atomic E-state index is 13.0. The van der Waals surface area contributed by atoms with Crippen LogP contribution in [0.5, 0.6) is 0 Å². The van der Waals surface area contributed by atoms with E-state index in [-0.39, 0.29) is 17.2 Å². The highest BCUT2D eigenvalue weighted by atomic mass is 19.1. The summed E-state index contributed by atoms with van der Waals surface area (Å²) in [6, 6.07) is 2.32. The van der Waals surface area contributed by atoms with Crippen molar-refractivity contribution in [3.05, 3.63) is 29.6 Å². The van der Waals surface area contributed by atoms with Crippen molar-refractivity contribution in [3.8, 4) is 0 Å². The molecule has 0 spiro atoms. The number of anilines is 1. The molecular weight excluding hydrogens is 239 g/mol. The van der Waals surface area contributed by atoms with Crippen LogP contribution in [0.25, 0.3) is 0 Å². The number of benzene rings is 1. The molecule has 1 amide bonds. The molecule has 98 valence electrons. The van der Waals surface area contributed by atoms with Gasteiger partial charge in [-0.2, -0.15) is 0 Å². The van der Waals surface area contributed by atoms with Gasteiger partial charge < -0.3 is 16.2 Å².